The summed E-state index contributed by atoms with van der Waals surface area (Å²) in [5, 5.41) is 0. The van der Waals surface area contributed by atoms with Crippen LogP contribution in [0, 0.1) is 0 Å². The zero-order valence-corrected chi connectivity index (χ0v) is 11.3. The largest absolute Gasteiger partial charge is 0.486 e. The molecule has 3 nitrogen and oxygen atoms in total. The number of rotatable bonds is 4. The van der Waals surface area contributed by atoms with E-state index >= 15 is 0 Å². The molecule has 17 heavy (non-hydrogen) atoms. The van der Waals surface area contributed by atoms with Crippen molar-refractivity contribution < 1.29 is 9.47 Å². The van der Waals surface area contributed by atoms with Crippen molar-refractivity contribution in [2.75, 3.05) is 32.9 Å². The Morgan fingerprint density at radius 2 is 2.06 bits per heavy atom. The maximum atomic E-state index is 5.72. The van der Waals surface area contributed by atoms with Crippen molar-refractivity contribution in [2.45, 2.75) is 0 Å². The molecular formula is C13H16BrNO2. The first kappa shape index (κ1) is 12.5. The SMILES string of the molecule is C=C(COc1ccccc1Br)N1CCOCC1. The van der Waals surface area contributed by atoms with Crippen molar-refractivity contribution in [2.24, 2.45) is 0 Å². The molecule has 1 heterocycles. The van der Waals surface area contributed by atoms with Crippen LogP contribution in [0.4, 0.5) is 0 Å². The quantitative estimate of drug-likeness (QED) is 0.853. The van der Waals surface area contributed by atoms with Gasteiger partial charge < -0.3 is 14.4 Å². The van der Waals surface area contributed by atoms with Crippen molar-refractivity contribution >= 4 is 15.9 Å². The summed E-state index contributed by atoms with van der Waals surface area (Å²) in [6.07, 6.45) is 0. The van der Waals surface area contributed by atoms with E-state index in [9.17, 15) is 0 Å². The molecule has 0 aromatic heterocycles. The number of nitrogens with zero attached hydrogens (tertiary/aromatic N) is 1. The van der Waals surface area contributed by atoms with Crippen LogP contribution in [0.25, 0.3) is 0 Å². The Balaban J connectivity index is 1.85. The second kappa shape index (κ2) is 6.07. The lowest BCUT2D eigenvalue weighted by molar-refractivity contribution is 0.0494. The van der Waals surface area contributed by atoms with Crippen LogP contribution in [-0.2, 0) is 4.74 Å². The van der Waals surface area contributed by atoms with Crippen LogP contribution in [0.2, 0.25) is 0 Å². The Morgan fingerprint density at radius 3 is 2.76 bits per heavy atom. The molecule has 0 spiro atoms. The lowest BCUT2D eigenvalue weighted by Crippen LogP contribution is -2.36. The smallest absolute Gasteiger partial charge is 0.134 e. The Kier molecular flexibility index (Phi) is 4.45. The van der Waals surface area contributed by atoms with E-state index in [1.54, 1.807) is 0 Å². The number of halogens is 1. The Morgan fingerprint density at radius 1 is 1.35 bits per heavy atom. The molecule has 1 saturated heterocycles. The van der Waals surface area contributed by atoms with E-state index in [4.69, 9.17) is 9.47 Å². The van der Waals surface area contributed by atoms with Crippen molar-refractivity contribution in [3.63, 3.8) is 0 Å². The zero-order chi connectivity index (χ0) is 12.1. The van der Waals surface area contributed by atoms with Crippen LogP contribution in [-0.4, -0.2) is 37.8 Å². The van der Waals surface area contributed by atoms with Crippen LogP contribution in [0.15, 0.2) is 41.0 Å². The topological polar surface area (TPSA) is 21.7 Å². The summed E-state index contributed by atoms with van der Waals surface area (Å²) >= 11 is 3.45. The minimum atomic E-state index is 0.516. The van der Waals surface area contributed by atoms with Crippen molar-refractivity contribution in [3.8, 4) is 5.75 Å². The fourth-order valence-electron chi connectivity index (χ4n) is 1.69. The number of hydrogen-bond acceptors (Lipinski definition) is 3. The Hall–Kier alpha value is -1.00. The average Bonchev–Trinajstić information content (AvgIpc) is 2.38. The Bertz CT molecular complexity index is 389. The van der Waals surface area contributed by atoms with Gasteiger partial charge >= 0.3 is 0 Å². The predicted octanol–water partition coefficient (Wildman–Crippen LogP) is 2.67. The van der Waals surface area contributed by atoms with Crippen molar-refractivity contribution in [3.05, 3.63) is 41.0 Å². The highest BCUT2D eigenvalue weighted by molar-refractivity contribution is 9.10. The first-order chi connectivity index (χ1) is 8.27. The van der Waals surface area contributed by atoms with Gasteiger partial charge in [-0.3, -0.25) is 0 Å². The number of para-hydroxylation sites is 1. The summed E-state index contributed by atoms with van der Waals surface area (Å²) in [6.45, 7) is 7.92. The van der Waals surface area contributed by atoms with E-state index < -0.39 is 0 Å². The first-order valence-corrected chi connectivity index (χ1v) is 6.44. The lowest BCUT2D eigenvalue weighted by Gasteiger charge is -2.30. The molecule has 1 aromatic rings. The molecular weight excluding hydrogens is 282 g/mol. The van der Waals surface area contributed by atoms with E-state index in [-0.39, 0.29) is 0 Å². The molecule has 0 unspecified atom stereocenters. The van der Waals surface area contributed by atoms with Crippen LogP contribution < -0.4 is 4.74 Å². The van der Waals surface area contributed by atoms with Crippen LogP contribution >= 0.6 is 15.9 Å². The molecule has 2 rings (SSSR count). The molecule has 1 aliphatic rings. The predicted molar refractivity (Wildman–Crippen MR) is 71.2 cm³/mol. The summed E-state index contributed by atoms with van der Waals surface area (Å²) in [5.74, 6) is 0.849. The van der Waals surface area contributed by atoms with Gasteiger partial charge in [0.05, 0.1) is 17.7 Å². The fourth-order valence-corrected chi connectivity index (χ4v) is 2.09. The van der Waals surface area contributed by atoms with Gasteiger partial charge in [0.1, 0.15) is 12.4 Å². The summed E-state index contributed by atoms with van der Waals surface area (Å²) in [4.78, 5) is 2.21. The van der Waals surface area contributed by atoms with Gasteiger partial charge in [-0.1, -0.05) is 18.7 Å². The number of benzene rings is 1. The summed E-state index contributed by atoms with van der Waals surface area (Å²) in [5.41, 5.74) is 1.00. The lowest BCUT2D eigenvalue weighted by atomic mass is 10.3. The first-order valence-electron chi connectivity index (χ1n) is 5.65. The molecule has 0 N–H and O–H groups in total. The maximum absolute atomic E-state index is 5.72. The van der Waals surface area contributed by atoms with Crippen LogP contribution in [0.3, 0.4) is 0 Å². The second-order valence-electron chi connectivity index (χ2n) is 3.88. The second-order valence-corrected chi connectivity index (χ2v) is 4.74. The zero-order valence-electron chi connectivity index (χ0n) is 9.69. The van der Waals surface area contributed by atoms with Gasteiger partial charge in [0.15, 0.2) is 0 Å². The molecule has 1 aliphatic heterocycles. The van der Waals surface area contributed by atoms with Crippen LogP contribution in [0.5, 0.6) is 5.75 Å². The summed E-state index contributed by atoms with van der Waals surface area (Å²) in [6, 6.07) is 7.83. The van der Waals surface area contributed by atoms with Gasteiger partial charge in [-0.25, -0.2) is 0 Å². The van der Waals surface area contributed by atoms with E-state index in [0.717, 1.165) is 42.2 Å². The van der Waals surface area contributed by atoms with Crippen molar-refractivity contribution in [1.29, 1.82) is 0 Å². The van der Waals surface area contributed by atoms with Gasteiger partial charge in [0.25, 0.3) is 0 Å². The number of hydrogen-bond donors (Lipinski definition) is 0. The molecule has 0 amide bonds. The molecule has 0 bridgehead atoms. The van der Waals surface area contributed by atoms with E-state index in [0.29, 0.717) is 6.61 Å². The highest BCUT2D eigenvalue weighted by Crippen LogP contribution is 2.24. The summed E-state index contributed by atoms with van der Waals surface area (Å²) < 4.78 is 12.0. The van der Waals surface area contributed by atoms with E-state index in [1.165, 1.54) is 0 Å². The molecule has 1 fully saturated rings. The monoisotopic (exact) mass is 297 g/mol. The van der Waals surface area contributed by atoms with Gasteiger partial charge in [-0.15, -0.1) is 0 Å². The van der Waals surface area contributed by atoms with Crippen LogP contribution in [0.1, 0.15) is 0 Å². The van der Waals surface area contributed by atoms with Gasteiger partial charge in [0.2, 0.25) is 0 Å². The molecule has 0 radical (unpaired) electrons. The van der Waals surface area contributed by atoms with Gasteiger partial charge in [-0.2, -0.15) is 0 Å². The normalized spacial score (nSPS) is 15.7. The molecule has 0 saturated carbocycles. The van der Waals surface area contributed by atoms with Crippen molar-refractivity contribution in [1.82, 2.24) is 4.90 Å². The minimum Gasteiger partial charge on any atom is -0.486 e. The standard InChI is InChI=1S/C13H16BrNO2/c1-11(15-6-8-16-9-7-15)10-17-13-5-3-2-4-12(13)14/h2-5H,1,6-10H2. The third kappa shape index (κ3) is 3.48. The minimum absolute atomic E-state index is 0.516. The maximum Gasteiger partial charge on any atom is 0.134 e. The molecule has 92 valence electrons. The highest BCUT2D eigenvalue weighted by atomic mass is 79.9. The third-order valence-electron chi connectivity index (χ3n) is 2.69. The number of ether oxygens (including phenoxy) is 2. The Labute approximate surface area is 110 Å². The van der Waals surface area contributed by atoms with E-state index in [2.05, 4.69) is 27.4 Å². The molecule has 1 aromatic carbocycles. The molecule has 0 aliphatic carbocycles. The third-order valence-corrected chi connectivity index (χ3v) is 3.34. The molecule has 4 heteroatoms. The average molecular weight is 298 g/mol. The van der Waals surface area contributed by atoms with Gasteiger partial charge in [-0.05, 0) is 28.1 Å². The number of morpholine rings is 1. The molecule has 0 atom stereocenters. The summed E-state index contributed by atoms with van der Waals surface area (Å²) in [7, 11) is 0. The van der Waals surface area contributed by atoms with E-state index in [1.807, 2.05) is 24.3 Å². The fraction of sp³-hybridized carbons (Fsp3) is 0.385. The van der Waals surface area contributed by atoms with Gasteiger partial charge in [0, 0.05) is 18.8 Å². The highest BCUT2D eigenvalue weighted by Gasteiger charge is 2.12.